The highest BCUT2D eigenvalue weighted by molar-refractivity contribution is 7.81. The van der Waals surface area contributed by atoms with Gasteiger partial charge in [-0.3, -0.25) is 9.11 Å². The van der Waals surface area contributed by atoms with Crippen molar-refractivity contribution in [2.75, 3.05) is 13.2 Å². The molecule has 4 rings (SSSR count). The second-order valence-corrected chi connectivity index (χ2v) is 16.0. The van der Waals surface area contributed by atoms with Gasteiger partial charge in [0.15, 0.2) is 0 Å². The normalized spacial score (nSPS) is 43.0. The van der Waals surface area contributed by atoms with Gasteiger partial charge < -0.3 is 15.3 Å². The topological polar surface area (TPSA) is 188 Å². The smallest absolute Gasteiger partial charge is 0.396 e. The summed E-state index contributed by atoms with van der Waals surface area (Å²) < 4.78 is 73.9. The summed E-state index contributed by atoms with van der Waals surface area (Å²) in [7, 11) is -9.46. The first-order valence-corrected chi connectivity index (χ1v) is 17.6. The Morgan fingerprint density at radius 1 is 0.878 bits per heavy atom. The third kappa shape index (κ3) is 6.73. The number of rotatable bonds is 10. The molecule has 13 heteroatoms. The van der Waals surface area contributed by atoms with Crippen LogP contribution in [0.3, 0.4) is 0 Å². The van der Waals surface area contributed by atoms with Crippen molar-refractivity contribution >= 4 is 20.8 Å². The standard InChI is InChI=1S/C28H48O11S2/c1-16(2)17(14-29)5-6-18(15-38-40(32,33)34)20-9-10-21-19-7-8-23-25(31)26(39-41(35,36)37)24(30)13-28(23,4)22(19)11-12-27(20,21)3/h5-6,16-26,29-31H,7-15H2,1-4H3,(H,32,33,34)(H,35,36,37). The lowest BCUT2D eigenvalue weighted by Crippen LogP contribution is -2.62. The van der Waals surface area contributed by atoms with Crippen molar-refractivity contribution < 1.29 is 49.6 Å². The van der Waals surface area contributed by atoms with Gasteiger partial charge in [0, 0.05) is 18.4 Å². The molecule has 4 fully saturated rings. The Bertz CT molecular complexity index is 1170. The molecule has 0 aliphatic heterocycles. The maximum Gasteiger partial charge on any atom is 0.397 e. The lowest BCUT2D eigenvalue weighted by molar-refractivity contribution is -0.202. The molecule has 0 bridgehead atoms. The van der Waals surface area contributed by atoms with Crippen LogP contribution in [-0.4, -0.2) is 72.8 Å². The fourth-order valence-corrected chi connectivity index (χ4v) is 10.5. The Morgan fingerprint density at radius 2 is 1.51 bits per heavy atom. The molecule has 12 unspecified atom stereocenters. The second kappa shape index (κ2) is 12.0. The molecule has 0 aromatic rings. The van der Waals surface area contributed by atoms with E-state index in [1.54, 1.807) is 0 Å². The minimum Gasteiger partial charge on any atom is -0.396 e. The van der Waals surface area contributed by atoms with Crippen LogP contribution in [0.15, 0.2) is 12.2 Å². The van der Waals surface area contributed by atoms with E-state index in [9.17, 15) is 41.3 Å². The van der Waals surface area contributed by atoms with E-state index >= 15 is 0 Å². The monoisotopic (exact) mass is 624 g/mol. The van der Waals surface area contributed by atoms with E-state index in [2.05, 4.69) is 13.8 Å². The van der Waals surface area contributed by atoms with Crippen LogP contribution in [0.2, 0.25) is 0 Å². The molecule has 12 atom stereocenters. The van der Waals surface area contributed by atoms with Crippen molar-refractivity contribution in [2.24, 2.45) is 58.2 Å². The van der Waals surface area contributed by atoms with Crippen LogP contribution >= 0.6 is 0 Å². The molecular formula is C28H48O11S2. The van der Waals surface area contributed by atoms with Crippen LogP contribution in [-0.2, 0) is 29.2 Å². The first-order chi connectivity index (χ1) is 18.9. The van der Waals surface area contributed by atoms with Gasteiger partial charge in [0.1, 0.15) is 6.10 Å². The molecule has 0 aromatic heterocycles. The Morgan fingerprint density at radius 3 is 2.10 bits per heavy atom. The average Bonchev–Trinajstić information content (AvgIpc) is 3.19. The SMILES string of the molecule is CC(C)C(C=CC(COS(=O)(=O)O)C1CCC2C3CCC4C(O)C(OS(=O)(=O)O)C(O)CC4(C)C3CCC12C)CO. The van der Waals surface area contributed by atoms with Gasteiger partial charge in [-0.15, -0.1) is 0 Å². The first kappa shape index (κ1) is 33.3. The van der Waals surface area contributed by atoms with Crippen LogP contribution in [0, 0.1) is 58.2 Å². The molecule has 0 amide bonds. The largest absolute Gasteiger partial charge is 0.397 e. The van der Waals surface area contributed by atoms with E-state index in [4.69, 9.17) is 8.37 Å². The molecule has 4 saturated carbocycles. The summed E-state index contributed by atoms with van der Waals surface area (Å²) in [6.45, 7) is 8.15. The summed E-state index contributed by atoms with van der Waals surface area (Å²) in [6, 6.07) is 0. The molecule has 0 heterocycles. The molecular weight excluding hydrogens is 576 g/mol. The van der Waals surface area contributed by atoms with Crippen LogP contribution in [0.25, 0.3) is 0 Å². The van der Waals surface area contributed by atoms with Gasteiger partial charge in [0.05, 0.1) is 18.8 Å². The maximum atomic E-state index is 11.5. The van der Waals surface area contributed by atoms with E-state index in [-0.39, 0.29) is 60.6 Å². The Labute approximate surface area is 244 Å². The molecule has 0 aromatic carbocycles. The fraction of sp³-hybridized carbons (Fsp3) is 0.929. The Hall–Kier alpha value is -0.640. The van der Waals surface area contributed by atoms with Gasteiger partial charge in [-0.25, -0.2) is 8.37 Å². The zero-order valence-electron chi connectivity index (χ0n) is 24.4. The third-order valence-corrected chi connectivity index (χ3v) is 12.5. The van der Waals surface area contributed by atoms with Crippen LogP contribution in [0.1, 0.15) is 72.6 Å². The van der Waals surface area contributed by atoms with Crippen LogP contribution < -0.4 is 0 Å². The van der Waals surface area contributed by atoms with E-state index < -0.39 is 44.5 Å². The summed E-state index contributed by atoms with van der Waals surface area (Å²) in [5.74, 6) is 0.469. The molecule has 4 aliphatic rings. The van der Waals surface area contributed by atoms with Crippen molar-refractivity contribution in [3.8, 4) is 0 Å². The van der Waals surface area contributed by atoms with Gasteiger partial charge in [-0.2, -0.15) is 16.8 Å². The van der Waals surface area contributed by atoms with E-state index in [1.165, 1.54) is 0 Å². The highest BCUT2D eigenvalue weighted by Gasteiger charge is 2.63. The quantitative estimate of drug-likeness (QED) is 0.178. The number of aliphatic hydroxyl groups is 3. The van der Waals surface area contributed by atoms with Crippen molar-refractivity contribution in [3.05, 3.63) is 12.2 Å². The minimum absolute atomic E-state index is 0.0259. The van der Waals surface area contributed by atoms with Crippen molar-refractivity contribution in [2.45, 2.75) is 91.0 Å². The fourth-order valence-electron chi connectivity index (χ4n) is 9.63. The molecule has 238 valence electrons. The zero-order valence-corrected chi connectivity index (χ0v) is 26.0. The van der Waals surface area contributed by atoms with Crippen molar-refractivity contribution in [1.82, 2.24) is 0 Å². The highest BCUT2D eigenvalue weighted by Crippen LogP contribution is 2.68. The lowest BCUT2D eigenvalue weighted by atomic mass is 9.43. The number of aliphatic hydroxyl groups excluding tert-OH is 3. The first-order valence-electron chi connectivity index (χ1n) is 14.8. The van der Waals surface area contributed by atoms with E-state index in [1.807, 2.05) is 26.0 Å². The van der Waals surface area contributed by atoms with Crippen LogP contribution in [0.5, 0.6) is 0 Å². The van der Waals surface area contributed by atoms with Crippen molar-refractivity contribution in [3.63, 3.8) is 0 Å². The Balaban J connectivity index is 1.58. The van der Waals surface area contributed by atoms with Crippen LogP contribution in [0.4, 0.5) is 0 Å². The number of hydrogen-bond donors (Lipinski definition) is 5. The third-order valence-electron chi connectivity index (χ3n) is 11.6. The Kier molecular flexibility index (Phi) is 9.77. The van der Waals surface area contributed by atoms with Gasteiger partial charge >= 0.3 is 20.8 Å². The van der Waals surface area contributed by atoms with Gasteiger partial charge in [0.2, 0.25) is 0 Å². The minimum atomic E-state index is -4.84. The summed E-state index contributed by atoms with van der Waals surface area (Å²) in [4.78, 5) is 0. The summed E-state index contributed by atoms with van der Waals surface area (Å²) in [6.07, 6.45) is 5.21. The van der Waals surface area contributed by atoms with Gasteiger partial charge in [-0.1, -0.05) is 39.8 Å². The van der Waals surface area contributed by atoms with Gasteiger partial charge in [0.25, 0.3) is 0 Å². The zero-order chi connectivity index (χ0) is 30.5. The molecule has 4 aliphatic carbocycles. The molecule has 0 radical (unpaired) electrons. The average molecular weight is 625 g/mol. The molecule has 11 nitrogen and oxygen atoms in total. The summed E-state index contributed by atoms with van der Waals surface area (Å²) in [5.41, 5.74) is -0.573. The van der Waals surface area contributed by atoms with E-state index in [0.29, 0.717) is 18.3 Å². The lowest BCUT2D eigenvalue weighted by Gasteiger charge is -2.62. The molecule has 41 heavy (non-hydrogen) atoms. The summed E-state index contributed by atoms with van der Waals surface area (Å²) in [5, 5.41) is 31.8. The van der Waals surface area contributed by atoms with Gasteiger partial charge in [-0.05, 0) is 91.3 Å². The maximum absolute atomic E-state index is 11.5. The molecule has 5 N–H and O–H groups in total. The van der Waals surface area contributed by atoms with Crippen molar-refractivity contribution in [1.29, 1.82) is 0 Å². The molecule has 0 spiro atoms. The second-order valence-electron chi connectivity index (χ2n) is 13.9. The van der Waals surface area contributed by atoms with E-state index in [0.717, 1.165) is 32.1 Å². The summed E-state index contributed by atoms with van der Waals surface area (Å²) >= 11 is 0. The predicted molar refractivity (Wildman–Crippen MR) is 150 cm³/mol. The predicted octanol–water partition coefficient (Wildman–Crippen LogP) is 3.03. The number of hydrogen-bond acceptors (Lipinski definition) is 9. The molecule has 0 saturated heterocycles. The number of fused-ring (bicyclic) bond motifs is 5. The highest BCUT2D eigenvalue weighted by atomic mass is 32.3.